The normalized spacial score (nSPS) is 23.7. The highest BCUT2D eigenvalue weighted by Crippen LogP contribution is 2.37. The molecule has 0 N–H and O–H groups in total. The van der Waals surface area contributed by atoms with Gasteiger partial charge in [0.2, 0.25) is 0 Å². The van der Waals surface area contributed by atoms with Gasteiger partial charge in [0.25, 0.3) is 0 Å². The van der Waals surface area contributed by atoms with Crippen molar-refractivity contribution in [2.75, 3.05) is 19.6 Å². The van der Waals surface area contributed by atoms with Crippen molar-refractivity contribution in [3.05, 3.63) is 0 Å². The first-order valence-corrected chi connectivity index (χ1v) is 13.8. The van der Waals surface area contributed by atoms with Crippen molar-refractivity contribution in [3.8, 4) is 0 Å². The Morgan fingerprint density at radius 3 is 2.00 bits per heavy atom. The number of nitrogens with zero attached hydrogens (tertiary/aromatic N) is 1. The SMILES string of the molecule is CCC1CCCCC1.CCCCN(CCC)CCCC(C(C)=O)C1CCCCC1C. The lowest BCUT2D eigenvalue weighted by Crippen LogP contribution is -2.31. The minimum atomic E-state index is 0.324. The maximum Gasteiger partial charge on any atom is 0.133 e. The van der Waals surface area contributed by atoms with Gasteiger partial charge in [0.1, 0.15) is 5.78 Å². The second-order valence-corrected chi connectivity index (χ2v) is 10.4. The molecule has 0 amide bonds. The molecule has 2 heteroatoms. The number of carbonyl (C=O) groups is 1. The summed E-state index contributed by atoms with van der Waals surface area (Å²) in [6.45, 7) is 14.7. The van der Waals surface area contributed by atoms with Gasteiger partial charge in [0.05, 0.1) is 0 Å². The van der Waals surface area contributed by atoms with Crippen molar-refractivity contribution in [2.45, 2.75) is 131 Å². The lowest BCUT2D eigenvalue weighted by molar-refractivity contribution is -0.123. The Morgan fingerprint density at radius 2 is 1.47 bits per heavy atom. The van der Waals surface area contributed by atoms with Gasteiger partial charge >= 0.3 is 0 Å². The Balaban J connectivity index is 0.000000467. The highest BCUT2D eigenvalue weighted by Gasteiger charge is 2.31. The molecule has 0 saturated heterocycles. The van der Waals surface area contributed by atoms with Crippen LogP contribution in [-0.2, 0) is 4.79 Å². The fourth-order valence-electron chi connectivity index (χ4n) is 5.83. The van der Waals surface area contributed by atoms with E-state index in [9.17, 15) is 4.79 Å². The summed E-state index contributed by atoms with van der Waals surface area (Å²) in [4.78, 5) is 14.8. The predicted molar refractivity (Wildman–Crippen MR) is 133 cm³/mol. The van der Waals surface area contributed by atoms with Crippen LogP contribution in [0.2, 0.25) is 0 Å². The molecule has 178 valence electrons. The van der Waals surface area contributed by atoms with E-state index in [-0.39, 0.29) is 0 Å². The minimum Gasteiger partial charge on any atom is -0.303 e. The molecule has 0 aliphatic heterocycles. The number of rotatable bonds is 12. The van der Waals surface area contributed by atoms with E-state index < -0.39 is 0 Å². The van der Waals surface area contributed by atoms with Crippen LogP contribution in [0.5, 0.6) is 0 Å². The van der Waals surface area contributed by atoms with Crippen molar-refractivity contribution in [1.82, 2.24) is 4.90 Å². The number of hydrogen-bond acceptors (Lipinski definition) is 2. The molecule has 2 saturated carbocycles. The number of carbonyl (C=O) groups excluding carboxylic acids is 1. The summed E-state index contributed by atoms with van der Waals surface area (Å²) in [6, 6.07) is 0. The molecular weight excluding hydrogens is 366 g/mol. The number of Topliss-reactive ketones (excluding diaryl/α,β-unsaturated/α-hetero) is 1. The van der Waals surface area contributed by atoms with Crippen molar-refractivity contribution in [1.29, 1.82) is 0 Å². The van der Waals surface area contributed by atoms with Crippen LogP contribution in [0.15, 0.2) is 0 Å². The molecule has 2 nitrogen and oxygen atoms in total. The van der Waals surface area contributed by atoms with Gasteiger partial charge in [-0.05, 0) is 76.4 Å². The average molecular weight is 422 g/mol. The van der Waals surface area contributed by atoms with Crippen molar-refractivity contribution >= 4 is 5.78 Å². The standard InChI is InChI=1S/C20H39NO.C8H16/c1-5-7-15-21(14-6-2)16-10-13-20(18(4)22)19-12-9-8-11-17(19)3;1-2-8-6-4-3-5-7-8/h17,19-20H,5-16H2,1-4H3;8H,2-7H2,1H3. The lowest BCUT2D eigenvalue weighted by Gasteiger charge is -2.34. The molecule has 0 aromatic rings. The third kappa shape index (κ3) is 11.3. The molecule has 0 bridgehead atoms. The number of unbranched alkanes of at least 4 members (excludes halogenated alkanes) is 1. The summed E-state index contributed by atoms with van der Waals surface area (Å²) in [7, 11) is 0. The van der Waals surface area contributed by atoms with Crippen LogP contribution in [0.25, 0.3) is 0 Å². The van der Waals surface area contributed by atoms with Crippen LogP contribution in [0.1, 0.15) is 131 Å². The summed E-state index contributed by atoms with van der Waals surface area (Å²) >= 11 is 0. The van der Waals surface area contributed by atoms with Crippen LogP contribution in [0, 0.1) is 23.7 Å². The van der Waals surface area contributed by atoms with Gasteiger partial charge in [-0.1, -0.05) is 91.9 Å². The van der Waals surface area contributed by atoms with Gasteiger partial charge in [-0.25, -0.2) is 0 Å². The fourth-order valence-corrected chi connectivity index (χ4v) is 5.83. The summed E-state index contributed by atoms with van der Waals surface area (Å²) in [5.74, 6) is 3.25. The number of ketones is 1. The van der Waals surface area contributed by atoms with Crippen LogP contribution in [0.4, 0.5) is 0 Å². The Kier molecular flexibility index (Phi) is 15.9. The molecule has 3 unspecified atom stereocenters. The fraction of sp³-hybridized carbons (Fsp3) is 0.964. The topological polar surface area (TPSA) is 20.3 Å². The highest BCUT2D eigenvalue weighted by molar-refractivity contribution is 5.78. The van der Waals surface area contributed by atoms with Crippen LogP contribution in [0.3, 0.4) is 0 Å². The van der Waals surface area contributed by atoms with E-state index in [0.717, 1.165) is 18.3 Å². The molecule has 2 rings (SSSR count). The van der Waals surface area contributed by atoms with E-state index in [0.29, 0.717) is 17.6 Å². The largest absolute Gasteiger partial charge is 0.303 e. The summed E-state index contributed by atoms with van der Waals surface area (Å²) in [5, 5.41) is 0. The van der Waals surface area contributed by atoms with Crippen LogP contribution in [-0.4, -0.2) is 30.3 Å². The van der Waals surface area contributed by atoms with E-state index in [1.807, 2.05) is 6.92 Å². The van der Waals surface area contributed by atoms with E-state index in [4.69, 9.17) is 0 Å². The molecule has 0 aromatic carbocycles. The Hall–Kier alpha value is -0.370. The van der Waals surface area contributed by atoms with Gasteiger partial charge in [-0.3, -0.25) is 4.79 Å². The minimum absolute atomic E-state index is 0.324. The van der Waals surface area contributed by atoms with E-state index >= 15 is 0 Å². The number of hydrogen-bond donors (Lipinski definition) is 0. The second-order valence-electron chi connectivity index (χ2n) is 10.4. The van der Waals surface area contributed by atoms with E-state index in [1.165, 1.54) is 110 Å². The first kappa shape index (κ1) is 27.7. The molecule has 0 radical (unpaired) electrons. The quantitative estimate of drug-likeness (QED) is 0.316. The molecule has 0 heterocycles. The van der Waals surface area contributed by atoms with Crippen molar-refractivity contribution in [3.63, 3.8) is 0 Å². The summed E-state index contributed by atoms with van der Waals surface area (Å²) in [5.41, 5.74) is 0. The zero-order valence-electron chi connectivity index (χ0n) is 21.4. The van der Waals surface area contributed by atoms with E-state index in [1.54, 1.807) is 0 Å². The molecule has 2 aliphatic rings. The third-order valence-corrected chi connectivity index (χ3v) is 7.88. The van der Waals surface area contributed by atoms with Crippen molar-refractivity contribution in [2.24, 2.45) is 23.7 Å². The first-order valence-electron chi connectivity index (χ1n) is 13.8. The smallest absolute Gasteiger partial charge is 0.133 e. The third-order valence-electron chi connectivity index (χ3n) is 7.88. The maximum atomic E-state index is 12.1. The maximum absolute atomic E-state index is 12.1. The molecule has 2 fully saturated rings. The predicted octanol–water partition coefficient (Wildman–Crippen LogP) is 8.29. The Labute approximate surface area is 190 Å². The Morgan fingerprint density at radius 1 is 0.833 bits per heavy atom. The van der Waals surface area contributed by atoms with Crippen LogP contribution >= 0.6 is 0 Å². The molecule has 2 aliphatic carbocycles. The molecule has 0 aromatic heterocycles. The van der Waals surface area contributed by atoms with E-state index in [2.05, 4.69) is 32.6 Å². The van der Waals surface area contributed by atoms with Crippen LogP contribution < -0.4 is 0 Å². The zero-order chi connectivity index (χ0) is 22.2. The van der Waals surface area contributed by atoms with Gasteiger partial charge < -0.3 is 4.90 Å². The van der Waals surface area contributed by atoms with Crippen molar-refractivity contribution < 1.29 is 4.79 Å². The monoisotopic (exact) mass is 421 g/mol. The van der Waals surface area contributed by atoms with Gasteiger partial charge in [-0.15, -0.1) is 0 Å². The van der Waals surface area contributed by atoms with Gasteiger partial charge in [-0.2, -0.15) is 0 Å². The first-order chi connectivity index (χ1) is 14.5. The molecule has 0 spiro atoms. The zero-order valence-corrected chi connectivity index (χ0v) is 21.4. The molecular formula is C28H55NO. The Bertz CT molecular complexity index is 415. The average Bonchev–Trinajstić information content (AvgIpc) is 2.76. The second kappa shape index (κ2) is 17.2. The van der Waals surface area contributed by atoms with Gasteiger partial charge in [0.15, 0.2) is 0 Å². The molecule has 30 heavy (non-hydrogen) atoms. The summed E-state index contributed by atoms with van der Waals surface area (Å²) < 4.78 is 0. The van der Waals surface area contributed by atoms with Gasteiger partial charge in [0, 0.05) is 5.92 Å². The summed E-state index contributed by atoms with van der Waals surface area (Å²) in [6.07, 6.45) is 20.3. The molecule has 3 atom stereocenters. The highest BCUT2D eigenvalue weighted by atomic mass is 16.1. The lowest BCUT2D eigenvalue weighted by atomic mass is 9.70.